The number of nitrogens with one attached hydrogen (secondary N) is 2. The van der Waals surface area contributed by atoms with Crippen molar-refractivity contribution in [2.24, 2.45) is 5.41 Å². The summed E-state index contributed by atoms with van der Waals surface area (Å²) in [6.07, 6.45) is 6.90. The summed E-state index contributed by atoms with van der Waals surface area (Å²) in [5, 5.41) is 6.47. The fourth-order valence-corrected chi connectivity index (χ4v) is 2.91. The van der Waals surface area contributed by atoms with Gasteiger partial charge in [0.05, 0.1) is 0 Å². The maximum absolute atomic E-state index is 4.27. The molecule has 2 rings (SSSR count). The Labute approximate surface area is 111 Å². The van der Waals surface area contributed by atoms with Gasteiger partial charge in [-0.05, 0) is 34.2 Å². The Bertz CT molecular complexity index is 388. The summed E-state index contributed by atoms with van der Waals surface area (Å²) in [5.41, 5.74) is 0.421. The van der Waals surface area contributed by atoms with Gasteiger partial charge in [0.1, 0.15) is 22.4 Å². The Balaban J connectivity index is 2.03. The molecule has 1 aromatic heterocycles. The maximum Gasteiger partial charge on any atom is 0.145 e. The van der Waals surface area contributed by atoms with Gasteiger partial charge in [0, 0.05) is 13.6 Å². The van der Waals surface area contributed by atoms with Crippen molar-refractivity contribution in [2.75, 3.05) is 24.2 Å². The third kappa shape index (κ3) is 2.89. The highest BCUT2D eigenvalue weighted by molar-refractivity contribution is 9.10. The van der Waals surface area contributed by atoms with Crippen LogP contribution in [0.2, 0.25) is 0 Å². The van der Waals surface area contributed by atoms with Crippen molar-refractivity contribution < 1.29 is 0 Å². The SMILES string of the molecule is CNc1ncnc(NCC2(C)CCCC2)c1Br. The van der Waals surface area contributed by atoms with Crippen LogP contribution >= 0.6 is 15.9 Å². The molecule has 0 aliphatic heterocycles. The molecule has 5 heteroatoms. The van der Waals surface area contributed by atoms with Crippen LogP contribution in [-0.2, 0) is 0 Å². The third-order valence-corrected chi connectivity index (χ3v) is 4.27. The summed E-state index contributed by atoms with van der Waals surface area (Å²) in [6.45, 7) is 3.33. The lowest BCUT2D eigenvalue weighted by atomic mass is 9.89. The first-order valence-corrected chi connectivity index (χ1v) is 6.86. The van der Waals surface area contributed by atoms with Gasteiger partial charge in [0.15, 0.2) is 0 Å². The quantitative estimate of drug-likeness (QED) is 0.896. The minimum Gasteiger partial charge on any atom is -0.372 e. The van der Waals surface area contributed by atoms with Crippen LogP contribution in [0.1, 0.15) is 32.6 Å². The highest BCUT2D eigenvalue weighted by Gasteiger charge is 2.28. The highest BCUT2D eigenvalue weighted by Crippen LogP contribution is 2.38. The summed E-state index contributed by atoms with van der Waals surface area (Å²) in [5.74, 6) is 1.69. The van der Waals surface area contributed by atoms with Crippen LogP contribution in [0.3, 0.4) is 0 Å². The average Bonchev–Trinajstić information content (AvgIpc) is 2.75. The number of anilines is 2. The second kappa shape index (κ2) is 5.21. The van der Waals surface area contributed by atoms with E-state index in [4.69, 9.17) is 0 Å². The molecule has 1 aliphatic carbocycles. The van der Waals surface area contributed by atoms with Crippen LogP contribution in [0.25, 0.3) is 0 Å². The molecule has 4 nitrogen and oxygen atoms in total. The van der Waals surface area contributed by atoms with Crippen molar-refractivity contribution in [2.45, 2.75) is 32.6 Å². The van der Waals surface area contributed by atoms with Crippen molar-refractivity contribution in [1.29, 1.82) is 0 Å². The Hall–Kier alpha value is -0.840. The van der Waals surface area contributed by atoms with Gasteiger partial charge < -0.3 is 10.6 Å². The molecule has 2 N–H and O–H groups in total. The van der Waals surface area contributed by atoms with Crippen LogP contribution in [0, 0.1) is 5.41 Å². The zero-order valence-electron chi connectivity index (χ0n) is 10.4. The molecule has 0 radical (unpaired) electrons. The molecule has 17 heavy (non-hydrogen) atoms. The molecule has 0 spiro atoms. The smallest absolute Gasteiger partial charge is 0.145 e. The molecule has 0 aromatic carbocycles. The molecule has 1 aromatic rings. The molecular weight excluding hydrogens is 280 g/mol. The second-order valence-corrected chi connectivity index (χ2v) is 5.80. The monoisotopic (exact) mass is 298 g/mol. The normalized spacial score (nSPS) is 18.1. The van der Waals surface area contributed by atoms with Gasteiger partial charge in [-0.25, -0.2) is 9.97 Å². The summed E-state index contributed by atoms with van der Waals surface area (Å²) in [6, 6.07) is 0. The first-order valence-electron chi connectivity index (χ1n) is 6.07. The summed E-state index contributed by atoms with van der Waals surface area (Å²) >= 11 is 3.52. The molecule has 0 unspecified atom stereocenters. The van der Waals surface area contributed by atoms with E-state index < -0.39 is 0 Å². The van der Waals surface area contributed by atoms with Gasteiger partial charge in [-0.2, -0.15) is 0 Å². The van der Waals surface area contributed by atoms with Gasteiger partial charge in [-0.15, -0.1) is 0 Å². The lowest BCUT2D eigenvalue weighted by Crippen LogP contribution is -2.23. The number of hydrogen-bond donors (Lipinski definition) is 2. The first-order chi connectivity index (χ1) is 8.14. The van der Waals surface area contributed by atoms with Gasteiger partial charge >= 0.3 is 0 Å². The standard InChI is InChI=1S/C12H19BrN4/c1-12(5-3-4-6-12)7-15-11-9(13)10(14-2)16-8-17-11/h8H,3-7H2,1-2H3,(H2,14,15,16,17). The molecule has 1 fully saturated rings. The van der Waals surface area contributed by atoms with Crippen LogP contribution in [0.5, 0.6) is 0 Å². The van der Waals surface area contributed by atoms with Crippen LogP contribution in [0.15, 0.2) is 10.8 Å². The molecule has 1 aliphatic rings. The van der Waals surface area contributed by atoms with Crippen molar-refractivity contribution in [1.82, 2.24) is 9.97 Å². The summed E-state index contributed by atoms with van der Waals surface area (Å²) in [4.78, 5) is 8.42. The average molecular weight is 299 g/mol. The van der Waals surface area contributed by atoms with E-state index >= 15 is 0 Å². The Kier molecular flexibility index (Phi) is 3.86. The maximum atomic E-state index is 4.27. The van der Waals surface area contributed by atoms with E-state index in [-0.39, 0.29) is 0 Å². The number of halogens is 1. The minimum absolute atomic E-state index is 0.421. The van der Waals surface area contributed by atoms with Crippen molar-refractivity contribution >= 4 is 27.6 Å². The third-order valence-electron chi connectivity index (χ3n) is 3.52. The van der Waals surface area contributed by atoms with Crippen molar-refractivity contribution in [3.05, 3.63) is 10.8 Å². The molecule has 94 valence electrons. The van der Waals surface area contributed by atoms with Crippen LogP contribution in [0.4, 0.5) is 11.6 Å². The summed E-state index contributed by atoms with van der Waals surface area (Å²) < 4.78 is 0.907. The fourth-order valence-electron chi connectivity index (χ4n) is 2.37. The number of nitrogens with zero attached hydrogens (tertiary/aromatic N) is 2. The Morgan fingerprint density at radius 3 is 2.59 bits per heavy atom. The predicted octanol–water partition coefficient (Wildman–Crippen LogP) is 3.27. The molecule has 0 atom stereocenters. The van der Waals surface area contributed by atoms with E-state index in [0.29, 0.717) is 5.41 Å². The highest BCUT2D eigenvalue weighted by atomic mass is 79.9. The number of aromatic nitrogens is 2. The number of rotatable bonds is 4. The zero-order chi connectivity index (χ0) is 12.3. The largest absolute Gasteiger partial charge is 0.372 e. The fraction of sp³-hybridized carbons (Fsp3) is 0.667. The van der Waals surface area contributed by atoms with E-state index in [1.165, 1.54) is 25.7 Å². The van der Waals surface area contributed by atoms with E-state index in [9.17, 15) is 0 Å². The Morgan fingerprint density at radius 1 is 1.29 bits per heavy atom. The lowest BCUT2D eigenvalue weighted by molar-refractivity contribution is 0.361. The molecular formula is C12H19BrN4. The van der Waals surface area contributed by atoms with Crippen molar-refractivity contribution in [3.8, 4) is 0 Å². The molecule has 1 saturated carbocycles. The predicted molar refractivity (Wildman–Crippen MR) is 74.3 cm³/mol. The van der Waals surface area contributed by atoms with E-state index in [2.05, 4.69) is 43.5 Å². The van der Waals surface area contributed by atoms with Gasteiger partial charge in [-0.3, -0.25) is 0 Å². The van der Waals surface area contributed by atoms with Gasteiger partial charge in [0.2, 0.25) is 0 Å². The van der Waals surface area contributed by atoms with Crippen LogP contribution < -0.4 is 10.6 Å². The lowest BCUT2D eigenvalue weighted by Gasteiger charge is -2.24. The summed E-state index contributed by atoms with van der Waals surface area (Å²) in [7, 11) is 1.86. The topological polar surface area (TPSA) is 49.8 Å². The van der Waals surface area contributed by atoms with E-state index in [1.54, 1.807) is 6.33 Å². The number of hydrogen-bond acceptors (Lipinski definition) is 4. The molecule has 0 saturated heterocycles. The van der Waals surface area contributed by atoms with Crippen molar-refractivity contribution in [3.63, 3.8) is 0 Å². The second-order valence-electron chi connectivity index (χ2n) is 5.01. The Morgan fingerprint density at radius 2 is 1.94 bits per heavy atom. The van der Waals surface area contributed by atoms with Crippen LogP contribution in [-0.4, -0.2) is 23.6 Å². The molecule has 1 heterocycles. The molecule has 0 amide bonds. The molecule has 0 bridgehead atoms. The minimum atomic E-state index is 0.421. The zero-order valence-corrected chi connectivity index (χ0v) is 12.0. The van der Waals surface area contributed by atoms with Gasteiger partial charge in [-0.1, -0.05) is 19.8 Å². The van der Waals surface area contributed by atoms with Gasteiger partial charge in [0.25, 0.3) is 0 Å². The first kappa shape index (κ1) is 12.6. The van der Waals surface area contributed by atoms with E-state index in [1.807, 2.05) is 7.05 Å². The van der Waals surface area contributed by atoms with E-state index in [0.717, 1.165) is 22.7 Å².